The second kappa shape index (κ2) is 8.93. The first kappa shape index (κ1) is 19.5. The lowest BCUT2D eigenvalue weighted by Gasteiger charge is -2.31. The summed E-state index contributed by atoms with van der Waals surface area (Å²) in [6, 6.07) is 0. The minimum Gasteiger partial charge on any atom is -0.394 e. The van der Waals surface area contributed by atoms with Crippen LogP contribution in [0.25, 0.3) is 0 Å². The van der Waals surface area contributed by atoms with Crippen LogP contribution in [0.5, 0.6) is 0 Å². The van der Waals surface area contributed by atoms with E-state index in [2.05, 4.69) is 4.90 Å². The summed E-state index contributed by atoms with van der Waals surface area (Å²) in [4.78, 5) is 13.6. The Kier molecular flexibility index (Phi) is 7.93. The molecule has 0 bridgehead atoms. The Hall–Kier alpha value is -0.530. The van der Waals surface area contributed by atoms with E-state index in [0.29, 0.717) is 12.2 Å². The molecule has 2 heterocycles. The molecule has 2 rings (SSSR count). The number of likely N-dealkylation sites (tertiary alicyclic amines) is 1. The van der Waals surface area contributed by atoms with E-state index in [1.54, 1.807) is 6.92 Å². The molecule has 6 heteroatoms. The predicted molar refractivity (Wildman–Crippen MR) is 83.6 cm³/mol. The van der Waals surface area contributed by atoms with Crippen molar-refractivity contribution in [1.29, 1.82) is 0 Å². The van der Waals surface area contributed by atoms with E-state index in [-0.39, 0.29) is 20.0 Å². The van der Waals surface area contributed by atoms with E-state index in [4.69, 9.17) is 9.84 Å². The van der Waals surface area contributed by atoms with Gasteiger partial charge in [-0.05, 0) is 52.2 Å². The molecular weight excluding hydrogens is 286 g/mol. The van der Waals surface area contributed by atoms with Gasteiger partial charge >= 0.3 is 0 Å². The number of carbonyl (C=O) groups excluding carboxylic acids is 1. The molecule has 2 fully saturated rings. The molecule has 2 aliphatic heterocycles. The Balaban J connectivity index is 0.00000242. The Bertz CT molecular complexity index is 343. The van der Waals surface area contributed by atoms with Crippen molar-refractivity contribution >= 4 is 5.78 Å². The smallest absolute Gasteiger partial charge is 0.133 e. The topological polar surface area (TPSA) is 90.2 Å². The number of hydrogen-bond donors (Lipinski definition) is 3. The summed E-state index contributed by atoms with van der Waals surface area (Å²) in [5, 5.41) is 28.6. The van der Waals surface area contributed by atoms with Crippen LogP contribution in [0.15, 0.2) is 0 Å². The third-order valence-electron chi connectivity index (χ3n) is 4.77. The van der Waals surface area contributed by atoms with Gasteiger partial charge in [0.15, 0.2) is 0 Å². The first-order chi connectivity index (χ1) is 10.0. The predicted octanol–water partition coefficient (Wildman–Crippen LogP) is 0.185. The maximum absolute atomic E-state index is 11.3. The molecule has 22 heavy (non-hydrogen) atoms. The number of piperidine rings is 1. The standard InChI is InChI=1S/C15H27NO5.CH4/c1-10(18)11-4-7-16(8-5-11)6-2-3-12-14(19)15(20)13(9-17)21-12;/h11-15,17,19-20H,2-9H2,1H3;1H4. The lowest BCUT2D eigenvalue weighted by atomic mass is 9.93. The van der Waals surface area contributed by atoms with Gasteiger partial charge in [0.2, 0.25) is 0 Å². The van der Waals surface area contributed by atoms with Crippen LogP contribution in [0.1, 0.15) is 40.0 Å². The number of aliphatic hydroxyl groups is 3. The monoisotopic (exact) mass is 317 g/mol. The van der Waals surface area contributed by atoms with Gasteiger partial charge in [0.25, 0.3) is 0 Å². The number of aliphatic hydroxyl groups excluding tert-OH is 3. The third-order valence-corrected chi connectivity index (χ3v) is 4.77. The molecule has 4 unspecified atom stereocenters. The van der Waals surface area contributed by atoms with E-state index in [1.807, 2.05) is 0 Å². The maximum Gasteiger partial charge on any atom is 0.133 e. The number of nitrogens with zero attached hydrogens (tertiary/aromatic N) is 1. The van der Waals surface area contributed by atoms with Gasteiger partial charge in [0.05, 0.1) is 12.7 Å². The van der Waals surface area contributed by atoms with Gasteiger partial charge < -0.3 is 25.0 Å². The fourth-order valence-electron chi connectivity index (χ4n) is 3.29. The highest BCUT2D eigenvalue weighted by atomic mass is 16.6. The molecule has 0 aromatic rings. The van der Waals surface area contributed by atoms with Crippen LogP contribution in [-0.2, 0) is 9.53 Å². The van der Waals surface area contributed by atoms with Crippen LogP contribution in [0.2, 0.25) is 0 Å². The van der Waals surface area contributed by atoms with Crippen molar-refractivity contribution in [2.75, 3.05) is 26.2 Å². The highest BCUT2D eigenvalue weighted by molar-refractivity contribution is 5.78. The summed E-state index contributed by atoms with van der Waals surface area (Å²) in [7, 11) is 0. The second-order valence-corrected chi connectivity index (χ2v) is 6.25. The second-order valence-electron chi connectivity index (χ2n) is 6.25. The van der Waals surface area contributed by atoms with Gasteiger partial charge in [-0.1, -0.05) is 7.43 Å². The molecule has 0 radical (unpaired) electrons. The van der Waals surface area contributed by atoms with Crippen molar-refractivity contribution in [1.82, 2.24) is 4.90 Å². The van der Waals surface area contributed by atoms with Crippen LogP contribution in [-0.4, -0.2) is 76.7 Å². The first-order valence-corrected chi connectivity index (χ1v) is 7.88. The quantitative estimate of drug-likeness (QED) is 0.648. The lowest BCUT2D eigenvalue weighted by Crippen LogP contribution is -2.37. The van der Waals surface area contributed by atoms with E-state index in [9.17, 15) is 15.0 Å². The minimum absolute atomic E-state index is 0. The molecule has 0 amide bonds. The van der Waals surface area contributed by atoms with Gasteiger partial charge in [0, 0.05) is 5.92 Å². The van der Waals surface area contributed by atoms with E-state index in [1.165, 1.54) is 0 Å². The van der Waals surface area contributed by atoms with Crippen molar-refractivity contribution in [3.05, 3.63) is 0 Å². The van der Waals surface area contributed by atoms with Crippen LogP contribution in [0.3, 0.4) is 0 Å². The molecule has 2 aliphatic rings. The summed E-state index contributed by atoms with van der Waals surface area (Å²) in [6.07, 6.45) is 0.436. The summed E-state index contributed by atoms with van der Waals surface area (Å²) in [5.41, 5.74) is 0. The van der Waals surface area contributed by atoms with Gasteiger partial charge in [0.1, 0.15) is 24.1 Å². The summed E-state index contributed by atoms with van der Waals surface area (Å²) in [5.74, 6) is 0.517. The van der Waals surface area contributed by atoms with Crippen LogP contribution < -0.4 is 0 Å². The first-order valence-electron chi connectivity index (χ1n) is 7.88. The Morgan fingerprint density at radius 3 is 2.27 bits per heavy atom. The van der Waals surface area contributed by atoms with Crippen molar-refractivity contribution in [3.63, 3.8) is 0 Å². The fourth-order valence-corrected chi connectivity index (χ4v) is 3.29. The molecular formula is C16H31NO5. The zero-order valence-corrected chi connectivity index (χ0v) is 12.6. The molecule has 4 atom stereocenters. The van der Waals surface area contributed by atoms with Gasteiger partial charge in [-0.25, -0.2) is 0 Å². The zero-order chi connectivity index (χ0) is 15.4. The average molecular weight is 317 g/mol. The number of ether oxygens (including phenoxy) is 1. The average Bonchev–Trinajstić information content (AvgIpc) is 2.75. The molecule has 0 aromatic heterocycles. The van der Waals surface area contributed by atoms with Crippen molar-refractivity contribution in [2.45, 2.75) is 64.4 Å². The number of carbonyl (C=O) groups is 1. The third kappa shape index (κ3) is 4.73. The van der Waals surface area contributed by atoms with Crippen molar-refractivity contribution in [2.24, 2.45) is 5.92 Å². The minimum atomic E-state index is -0.994. The molecule has 3 N–H and O–H groups in total. The largest absolute Gasteiger partial charge is 0.394 e. The van der Waals surface area contributed by atoms with E-state index >= 15 is 0 Å². The molecule has 0 spiro atoms. The number of hydrogen-bond acceptors (Lipinski definition) is 6. The van der Waals surface area contributed by atoms with E-state index in [0.717, 1.165) is 38.9 Å². The Morgan fingerprint density at radius 1 is 1.18 bits per heavy atom. The lowest BCUT2D eigenvalue weighted by molar-refractivity contribution is -0.122. The molecule has 130 valence electrons. The van der Waals surface area contributed by atoms with Gasteiger partial charge in [-0.15, -0.1) is 0 Å². The SMILES string of the molecule is C.CC(=O)C1CCN(CCCC2OC(CO)C(O)C2O)CC1. The summed E-state index contributed by atoms with van der Waals surface area (Å²) in [6.45, 7) is 4.20. The number of rotatable bonds is 6. The normalized spacial score (nSPS) is 33.6. The zero-order valence-electron chi connectivity index (χ0n) is 12.6. The van der Waals surface area contributed by atoms with Crippen molar-refractivity contribution < 1.29 is 24.9 Å². The van der Waals surface area contributed by atoms with Gasteiger partial charge in [-0.3, -0.25) is 4.79 Å². The Labute approximate surface area is 133 Å². The maximum atomic E-state index is 11.3. The van der Waals surface area contributed by atoms with Crippen LogP contribution in [0.4, 0.5) is 0 Å². The van der Waals surface area contributed by atoms with Crippen molar-refractivity contribution in [3.8, 4) is 0 Å². The highest BCUT2D eigenvalue weighted by Crippen LogP contribution is 2.25. The molecule has 0 saturated carbocycles. The number of ketones is 1. The summed E-state index contributed by atoms with van der Waals surface area (Å²) >= 11 is 0. The molecule has 2 saturated heterocycles. The Morgan fingerprint density at radius 2 is 1.77 bits per heavy atom. The molecule has 0 aromatic carbocycles. The molecule has 6 nitrogen and oxygen atoms in total. The summed E-state index contributed by atoms with van der Waals surface area (Å²) < 4.78 is 5.46. The number of Topliss-reactive ketones (excluding diaryl/α,β-unsaturated/α-hetero) is 1. The van der Waals surface area contributed by atoms with Crippen LogP contribution >= 0.6 is 0 Å². The molecule has 0 aliphatic carbocycles. The van der Waals surface area contributed by atoms with Gasteiger partial charge in [-0.2, -0.15) is 0 Å². The van der Waals surface area contributed by atoms with Crippen LogP contribution in [0, 0.1) is 5.92 Å². The fraction of sp³-hybridized carbons (Fsp3) is 0.938. The highest BCUT2D eigenvalue weighted by Gasteiger charge is 2.41. The van der Waals surface area contributed by atoms with E-state index < -0.39 is 24.4 Å².